The lowest BCUT2D eigenvalue weighted by Crippen LogP contribution is -1.99. The number of aliphatic carboxylic acids is 1. The maximum absolute atomic E-state index is 10.7. The van der Waals surface area contributed by atoms with Crippen LogP contribution in [0.1, 0.15) is 24.6 Å². The van der Waals surface area contributed by atoms with Crippen molar-refractivity contribution in [3.05, 3.63) is 35.2 Å². The first kappa shape index (κ1) is 11.4. The van der Waals surface area contributed by atoms with Gasteiger partial charge in [0, 0.05) is 11.8 Å². The van der Waals surface area contributed by atoms with Gasteiger partial charge in [0.2, 0.25) is 0 Å². The van der Waals surface area contributed by atoms with Crippen molar-refractivity contribution < 1.29 is 15.0 Å². The minimum atomic E-state index is -0.925. The van der Waals surface area contributed by atoms with Gasteiger partial charge in [0.15, 0.2) is 0 Å². The quantitative estimate of drug-likeness (QED) is 0.733. The molecule has 0 fully saturated rings. The Bertz CT molecular complexity index is 368. The van der Waals surface area contributed by atoms with Crippen LogP contribution in [0.2, 0.25) is 0 Å². The molecule has 0 aliphatic carbocycles. The highest BCUT2D eigenvalue weighted by molar-refractivity contribution is 5.91. The lowest BCUT2D eigenvalue weighted by atomic mass is 10.1. The van der Waals surface area contributed by atoms with Gasteiger partial charge < -0.3 is 10.2 Å². The van der Waals surface area contributed by atoms with Gasteiger partial charge in [0.1, 0.15) is 0 Å². The molecule has 1 rings (SSSR count). The van der Waals surface area contributed by atoms with Crippen LogP contribution < -0.4 is 0 Å². The van der Waals surface area contributed by atoms with E-state index in [1.807, 2.05) is 0 Å². The average Bonchev–Trinajstić information content (AvgIpc) is 2.26. The molecule has 15 heavy (non-hydrogen) atoms. The summed E-state index contributed by atoms with van der Waals surface area (Å²) in [5.74, 6) is -0.925. The van der Waals surface area contributed by atoms with Gasteiger partial charge in [0.05, 0.1) is 12.3 Å². The Morgan fingerprint density at radius 3 is 2.67 bits per heavy atom. The topological polar surface area (TPSA) is 70.4 Å². The summed E-state index contributed by atoms with van der Waals surface area (Å²) < 4.78 is 0. The molecule has 0 saturated heterocycles. The average molecular weight is 207 g/mol. The monoisotopic (exact) mass is 207 g/mol. The minimum Gasteiger partial charge on any atom is -0.478 e. The summed E-state index contributed by atoms with van der Waals surface area (Å²) in [4.78, 5) is 14.7. The molecule has 1 aromatic rings. The first-order chi connectivity index (χ1) is 7.17. The Balaban J connectivity index is 2.92. The number of aliphatic hydroxyl groups excluding tert-OH is 1. The van der Waals surface area contributed by atoms with E-state index in [9.17, 15) is 4.79 Å². The zero-order chi connectivity index (χ0) is 11.3. The highest BCUT2D eigenvalue weighted by atomic mass is 16.4. The summed E-state index contributed by atoms with van der Waals surface area (Å²) in [6.07, 6.45) is 3.52. The minimum absolute atomic E-state index is 0.0590. The number of pyridine rings is 1. The van der Waals surface area contributed by atoms with Gasteiger partial charge in [0.25, 0.3) is 0 Å². The number of carboxylic acids is 1. The number of carbonyl (C=O) groups is 1. The fraction of sp³-hybridized carbons (Fsp3) is 0.273. The van der Waals surface area contributed by atoms with Crippen molar-refractivity contribution in [1.82, 2.24) is 4.98 Å². The number of aromatic nitrogens is 1. The maximum atomic E-state index is 10.7. The van der Waals surface area contributed by atoms with Gasteiger partial charge in [-0.1, -0.05) is 13.0 Å². The van der Waals surface area contributed by atoms with Crippen LogP contribution in [0.15, 0.2) is 23.9 Å². The zero-order valence-electron chi connectivity index (χ0n) is 8.47. The van der Waals surface area contributed by atoms with Crippen LogP contribution in [0.3, 0.4) is 0 Å². The molecule has 0 radical (unpaired) electrons. The Labute approximate surface area is 87.9 Å². The van der Waals surface area contributed by atoms with E-state index in [4.69, 9.17) is 10.2 Å². The van der Waals surface area contributed by atoms with Crippen molar-refractivity contribution in [3.63, 3.8) is 0 Å². The van der Waals surface area contributed by atoms with E-state index >= 15 is 0 Å². The van der Waals surface area contributed by atoms with E-state index in [-0.39, 0.29) is 6.61 Å². The van der Waals surface area contributed by atoms with E-state index < -0.39 is 5.97 Å². The zero-order valence-corrected chi connectivity index (χ0v) is 8.47. The molecule has 80 valence electrons. The second-order valence-corrected chi connectivity index (χ2v) is 3.08. The molecule has 1 aromatic heterocycles. The maximum Gasteiger partial charge on any atom is 0.331 e. The van der Waals surface area contributed by atoms with Crippen molar-refractivity contribution in [1.29, 1.82) is 0 Å². The molecule has 0 bridgehead atoms. The molecule has 0 aliphatic rings. The van der Waals surface area contributed by atoms with Gasteiger partial charge in [-0.05, 0) is 24.1 Å². The number of hydrogen-bond donors (Lipinski definition) is 2. The Kier molecular flexibility index (Phi) is 4.00. The standard InChI is InChI=1S/C11H13NO3/c1-2-9(11(14)15)5-10-4-3-8(7-13)6-12-10/h3-6,13H,2,7H2,1H3,(H,14,15)/b9-5+. The molecule has 0 aliphatic heterocycles. The van der Waals surface area contributed by atoms with Crippen molar-refractivity contribution >= 4 is 12.0 Å². The van der Waals surface area contributed by atoms with E-state index in [1.165, 1.54) is 12.3 Å². The summed E-state index contributed by atoms with van der Waals surface area (Å²) >= 11 is 0. The van der Waals surface area contributed by atoms with Crippen molar-refractivity contribution in [3.8, 4) is 0 Å². The molecule has 0 atom stereocenters. The van der Waals surface area contributed by atoms with Gasteiger partial charge in [-0.3, -0.25) is 4.98 Å². The molecule has 4 heteroatoms. The molecule has 0 unspecified atom stereocenters. The summed E-state index contributed by atoms with van der Waals surface area (Å²) in [5.41, 5.74) is 1.62. The number of aliphatic hydroxyl groups is 1. The summed E-state index contributed by atoms with van der Waals surface area (Å²) in [6, 6.07) is 3.40. The van der Waals surface area contributed by atoms with Crippen molar-refractivity contribution in [2.24, 2.45) is 0 Å². The largest absolute Gasteiger partial charge is 0.478 e. The van der Waals surface area contributed by atoms with Gasteiger partial charge in [-0.2, -0.15) is 0 Å². The first-order valence-electron chi connectivity index (χ1n) is 4.67. The fourth-order valence-electron chi connectivity index (χ4n) is 1.11. The SMILES string of the molecule is CC/C(=C\c1ccc(CO)cn1)C(=O)O. The number of carboxylic acid groups (broad SMARTS) is 1. The predicted molar refractivity (Wildman–Crippen MR) is 56.1 cm³/mol. The molecule has 2 N–H and O–H groups in total. The first-order valence-corrected chi connectivity index (χ1v) is 4.67. The van der Waals surface area contributed by atoms with Crippen LogP contribution in [0, 0.1) is 0 Å². The Morgan fingerprint density at radius 1 is 1.53 bits per heavy atom. The Morgan fingerprint density at radius 2 is 2.27 bits per heavy atom. The lowest BCUT2D eigenvalue weighted by molar-refractivity contribution is -0.132. The van der Waals surface area contributed by atoms with E-state index in [2.05, 4.69) is 4.98 Å². The highest BCUT2D eigenvalue weighted by Gasteiger charge is 2.04. The summed E-state index contributed by atoms with van der Waals surface area (Å²) in [7, 11) is 0. The molecule has 0 aromatic carbocycles. The van der Waals surface area contributed by atoms with E-state index in [0.717, 1.165) is 0 Å². The number of nitrogens with zero attached hydrogens (tertiary/aromatic N) is 1. The molecule has 0 amide bonds. The lowest BCUT2D eigenvalue weighted by Gasteiger charge is -1.99. The smallest absolute Gasteiger partial charge is 0.331 e. The number of hydrogen-bond acceptors (Lipinski definition) is 3. The molecule has 4 nitrogen and oxygen atoms in total. The van der Waals surface area contributed by atoms with Gasteiger partial charge in [-0.15, -0.1) is 0 Å². The van der Waals surface area contributed by atoms with Crippen molar-refractivity contribution in [2.75, 3.05) is 0 Å². The molecular weight excluding hydrogens is 194 g/mol. The van der Waals surface area contributed by atoms with Crippen LogP contribution in [0.25, 0.3) is 6.08 Å². The molecular formula is C11H13NO3. The third-order valence-electron chi connectivity index (χ3n) is 2.01. The van der Waals surface area contributed by atoms with Crippen LogP contribution in [0.5, 0.6) is 0 Å². The fourth-order valence-corrected chi connectivity index (χ4v) is 1.11. The summed E-state index contributed by atoms with van der Waals surface area (Å²) in [6.45, 7) is 1.72. The molecule has 0 spiro atoms. The molecule has 1 heterocycles. The predicted octanol–water partition coefficient (Wildman–Crippen LogP) is 1.45. The third kappa shape index (κ3) is 3.18. The number of rotatable bonds is 4. The second kappa shape index (κ2) is 5.26. The third-order valence-corrected chi connectivity index (χ3v) is 2.01. The van der Waals surface area contributed by atoms with Crippen LogP contribution >= 0.6 is 0 Å². The van der Waals surface area contributed by atoms with Gasteiger partial charge in [-0.25, -0.2) is 4.79 Å². The highest BCUT2D eigenvalue weighted by Crippen LogP contribution is 2.08. The van der Waals surface area contributed by atoms with Crippen LogP contribution in [-0.2, 0) is 11.4 Å². The van der Waals surface area contributed by atoms with Crippen molar-refractivity contribution in [2.45, 2.75) is 20.0 Å². The van der Waals surface area contributed by atoms with Gasteiger partial charge >= 0.3 is 5.97 Å². The normalized spacial score (nSPS) is 11.5. The Hall–Kier alpha value is -1.68. The van der Waals surface area contributed by atoms with E-state index in [0.29, 0.717) is 23.3 Å². The van der Waals surface area contributed by atoms with Crippen LogP contribution in [0.4, 0.5) is 0 Å². The van der Waals surface area contributed by atoms with E-state index in [1.54, 1.807) is 19.1 Å². The molecule has 0 saturated carbocycles. The van der Waals surface area contributed by atoms with Crippen LogP contribution in [-0.4, -0.2) is 21.2 Å². The second-order valence-electron chi connectivity index (χ2n) is 3.08. The summed E-state index contributed by atoms with van der Waals surface area (Å²) in [5, 5.41) is 17.6.